The monoisotopic (exact) mass is 382 g/mol. The first kappa shape index (κ1) is 19.5. The largest absolute Gasteiger partial charge is 0.467 e. The van der Waals surface area contributed by atoms with Crippen molar-refractivity contribution in [1.82, 2.24) is 19.3 Å². The summed E-state index contributed by atoms with van der Waals surface area (Å²) in [7, 11) is 0. The van der Waals surface area contributed by atoms with Gasteiger partial charge in [-0.3, -0.25) is 9.36 Å². The second kappa shape index (κ2) is 7.59. The molecule has 1 N–H and O–H groups in total. The third-order valence-corrected chi connectivity index (χ3v) is 3.03. The number of halogens is 5. The van der Waals surface area contributed by atoms with Crippen LogP contribution in [-0.4, -0.2) is 50.1 Å². The van der Waals surface area contributed by atoms with Crippen LogP contribution in [0.15, 0.2) is 10.9 Å². The molecule has 0 amide bonds. The Hall–Kier alpha value is -2.83. The third-order valence-electron chi connectivity index (χ3n) is 3.03. The second-order valence-electron chi connectivity index (χ2n) is 4.83. The molecule has 0 aromatic carbocycles. The molecule has 2 aromatic heterocycles. The van der Waals surface area contributed by atoms with Gasteiger partial charge in [-0.05, 0) is 6.07 Å². The number of aldehydes is 1. The quantitative estimate of drug-likeness (QED) is 0.561. The Kier molecular flexibility index (Phi) is 5.69. The van der Waals surface area contributed by atoms with Crippen LogP contribution in [0.5, 0.6) is 5.88 Å². The van der Waals surface area contributed by atoms with E-state index in [1.807, 2.05) is 0 Å². The molecule has 0 saturated carbocycles. The van der Waals surface area contributed by atoms with Crippen LogP contribution in [0.25, 0.3) is 5.82 Å². The highest BCUT2D eigenvalue weighted by atomic mass is 19.4. The maximum absolute atomic E-state index is 14.1. The normalized spacial score (nSPS) is 11.6. The van der Waals surface area contributed by atoms with Crippen molar-refractivity contribution in [2.45, 2.75) is 19.4 Å². The van der Waals surface area contributed by atoms with Crippen molar-refractivity contribution in [3.8, 4) is 11.7 Å². The van der Waals surface area contributed by atoms with Gasteiger partial charge in [-0.2, -0.15) is 22.8 Å². The van der Waals surface area contributed by atoms with E-state index in [4.69, 9.17) is 5.11 Å². The molecule has 13 heteroatoms. The average molecular weight is 382 g/mol. The van der Waals surface area contributed by atoms with Gasteiger partial charge >= 0.3 is 11.9 Å². The van der Waals surface area contributed by atoms with Gasteiger partial charge in [0.2, 0.25) is 5.88 Å². The second-order valence-corrected chi connectivity index (χ2v) is 4.83. The molecule has 0 spiro atoms. The van der Waals surface area contributed by atoms with Crippen LogP contribution >= 0.6 is 0 Å². The fourth-order valence-electron chi connectivity index (χ4n) is 1.97. The zero-order valence-electron chi connectivity index (χ0n) is 12.8. The fraction of sp³-hybridized carbons (Fsp3) is 0.385. The van der Waals surface area contributed by atoms with Gasteiger partial charge in [0.15, 0.2) is 30.4 Å². The Morgan fingerprint density at radius 2 is 2.04 bits per heavy atom. The van der Waals surface area contributed by atoms with Crippen molar-refractivity contribution >= 4 is 6.29 Å². The SMILES string of the molecule is O=Cc1cc(F)c(-n2nc(CF)n(CCO)c2=O)nc1OCC(F)(F)F. The number of aliphatic hydroxyl groups excluding tert-OH is 1. The molecule has 26 heavy (non-hydrogen) atoms. The minimum absolute atomic E-state index is 0.0195. The molecular formula is C13H11F5N4O4. The molecular weight excluding hydrogens is 371 g/mol. The summed E-state index contributed by atoms with van der Waals surface area (Å²) in [6, 6.07) is 0.508. The third kappa shape index (κ3) is 4.04. The Labute approximate surface area is 141 Å². The Morgan fingerprint density at radius 3 is 2.58 bits per heavy atom. The summed E-state index contributed by atoms with van der Waals surface area (Å²) < 4.78 is 69.3. The van der Waals surface area contributed by atoms with Crippen molar-refractivity contribution in [2.24, 2.45) is 0 Å². The number of pyridine rings is 1. The summed E-state index contributed by atoms with van der Waals surface area (Å²) >= 11 is 0. The maximum Gasteiger partial charge on any atom is 0.422 e. The molecule has 142 valence electrons. The van der Waals surface area contributed by atoms with Gasteiger partial charge in [0, 0.05) is 0 Å². The van der Waals surface area contributed by atoms with Crippen LogP contribution in [0.3, 0.4) is 0 Å². The van der Waals surface area contributed by atoms with Gasteiger partial charge in [0.1, 0.15) is 6.67 Å². The van der Waals surface area contributed by atoms with Crippen LogP contribution in [-0.2, 0) is 13.2 Å². The van der Waals surface area contributed by atoms with Crippen molar-refractivity contribution in [3.63, 3.8) is 0 Å². The zero-order chi connectivity index (χ0) is 19.5. The minimum Gasteiger partial charge on any atom is -0.467 e. The van der Waals surface area contributed by atoms with Gasteiger partial charge in [0.05, 0.1) is 18.7 Å². The number of carbonyl (C=O) groups excluding carboxylic acids is 1. The number of alkyl halides is 4. The topological polar surface area (TPSA) is 99.2 Å². The van der Waals surface area contributed by atoms with Crippen LogP contribution < -0.4 is 10.4 Å². The fourth-order valence-corrected chi connectivity index (χ4v) is 1.97. The number of ether oxygens (including phenoxy) is 1. The Morgan fingerprint density at radius 1 is 1.35 bits per heavy atom. The maximum atomic E-state index is 14.1. The average Bonchev–Trinajstić information content (AvgIpc) is 2.89. The highest BCUT2D eigenvalue weighted by molar-refractivity contribution is 5.78. The molecule has 0 aliphatic carbocycles. The van der Waals surface area contributed by atoms with Crippen LogP contribution in [0.4, 0.5) is 22.0 Å². The summed E-state index contributed by atoms with van der Waals surface area (Å²) in [5.74, 6) is -3.49. The molecule has 2 heterocycles. The van der Waals surface area contributed by atoms with Gasteiger partial charge in [-0.15, -0.1) is 5.10 Å². The predicted molar refractivity (Wildman–Crippen MR) is 74.4 cm³/mol. The van der Waals surface area contributed by atoms with E-state index >= 15 is 0 Å². The Balaban J connectivity index is 2.56. The highest BCUT2D eigenvalue weighted by Crippen LogP contribution is 2.22. The lowest BCUT2D eigenvalue weighted by Gasteiger charge is -2.11. The summed E-state index contributed by atoms with van der Waals surface area (Å²) in [6.07, 6.45) is -4.73. The van der Waals surface area contributed by atoms with E-state index in [9.17, 15) is 31.5 Å². The van der Waals surface area contributed by atoms with Gasteiger partial charge in [-0.25, -0.2) is 13.6 Å². The summed E-state index contributed by atoms with van der Waals surface area (Å²) in [5, 5.41) is 12.4. The van der Waals surface area contributed by atoms with E-state index in [1.54, 1.807) is 0 Å². The number of nitrogens with zero attached hydrogens (tertiary/aromatic N) is 4. The molecule has 0 atom stereocenters. The number of hydrogen-bond acceptors (Lipinski definition) is 6. The zero-order valence-corrected chi connectivity index (χ0v) is 12.8. The first-order chi connectivity index (χ1) is 12.2. The summed E-state index contributed by atoms with van der Waals surface area (Å²) in [6.45, 7) is -3.93. The number of aliphatic hydroxyl groups is 1. The van der Waals surface area contributed by atoms with Crippen LogP contribution in [0.1, 0.15) is 16.2 Å². The molecule has 2 rings (SSSR count). The lowest BCUT2D eigenvalue weighted by atomic mass is 10.3. The number of hydrogen-bond donors (Lipinski definition) is 1. The van der Waals surface area contributed by atoms with Gasteiger partial charge in [-0.1, -0.05) is 0 Å². The minimum atomic E-state index is -4.75. The lowest BCUT2D eigenvalue weighted by molar-refractivity contribution is -0.154. The van der Waals surface area contributed by atoms with Gasteiger partial charge < -0.3 is 9.84 Å². The van der Waals surface area contributed by atoms with Gasteiger partial charge in [0.25, 0.3) is 0 Å². The van der Waals surface area contributed by atoms with Crippen molar-refractivity contribution < 1.29 is 36.6 Å². The standard InChI is InChI=1S/C13H11F5N4O4/c14-4-9-20-22(12(25)21(9)1-2-23)10-8(15)3-7(5-24)11(19-10)26-6-13(16,17)18/h3,5,23H,1-2,4,6H2. The Bertz CT molecular complexity index is 861. The van der Waals surface area contributed by atoms with E-state index in [-0.39, 0.29) is 12.8 Å². The van der Waals surface area contributed by atoms with Crippen LogP contribution in [0, 0.1) is 5.82 Å². The molecule has 8 nitrogen and oxygen atoms in total. The van der Waals surface area contributed by atoms with Crippen molar-refractivity contribution in [2.75, 3.05) is 13.2 Å². The predicted octanol–water partition coefficient (Wildman–Crippen LogP) is 0.783. The van der Waals surface area contributed by atoms with Crippen molar-refractivity contribution in [1.29, 1.82) is 0 Å². The van der Waals surface area contributed by atoms with Crippen LogP contribution in [0.2, 0.25) is 0 Å². The first-order valence-corrected chi connectivity index (χ1v) is 6.93. The van der Waals surface area contributed by atoms with E-state index in [1.165, 1.54) is 0 Å². The van der Waals surface area contributed by atoms with E-state index < -0.39 is 60.7 Å². The molecule has 0 aliphatic rings. The van der Waals surface area contributed by atoms with E-state index in [2.05, 4.69) is 14.8 Å². The molecule has 0 aliphatic heterocycles. The summed E-state index contributed by atoms with van der Waals surface area (Å²) in [5.41, 5.74) is -1.71. The summed E-state index contributed by atoms with van der Waals surface area (Å²) in [4.78, 5) is 26.4. The van der Waals surface area contributed by atoms with Crippen molar-refractivity contribution in [3.05, 3.63) is 33.8 Å². The molecule has 0 saturated heterocycles. The molecule has 0 radical (unpaired) electrons. The first-order valence-electron chi connectivity index (χ1n) is 6.93. The molecule has 0 bridgehead atoms. The smallest absolute Gasteiger partial charge is 0.422 e. The number of aromatic nitrogens is 4. The van der Waals surface area contributed by atoms with E-state index in [0.29, 0.717) is 15.3 Å². The lowest BCUT2D eigenvalue weighted by Crippen LogP contribution is -2.27. The molecule has 0 fully saturated rings. The number of rotatable bonds is 7. The molecule has 0 unspecified atom stereocenters. The highest BCUT2D eigenvalue weighted by Gasteiger charge is 2.30. The van der Waals surface area contributed by atoms with E-state index in [0.717, 1.165) is 0 Å². The molecule has 2 aromatic rings. The number of carbonyl (C=O) groups is 1.